The number of aromatic nitrogens is 5. The second-order valence-corrected chi connectivity index (χ2v) is 11.3. The van der Waals surface area contributed by atoms with E-state index in [-0.39, 0.29) is 41.1 Å². The molecule has 0 saturated heterocycles. The Labute approximate surface area is 268 Å². The number of anilines is 2. The maximum absolute atomic E-state index is 13.7. The molecule has 1 aliphatic carbocycles. The average molecular weight is 648 g/mol. The molecule has 3 heterocycles. The highest BCUT2D eigenvalue weighted by Gasteiger charge is 2.27. The Bertz CT molecular complexity index is 2430. The number of nitrogens with two attached hydrogens (primary N) is 1. The van der Waals surface area contributed by atoms with Gasteiger partial charge in [0.2, 0.25) is 16.6 Å². The molecular weight excluding hydrogens is 622 g/mol. The van der Waals surface area contributed by atoms with Gasteiger partial charge in [-0.3, -0.25) is 37.9 Å². The van der Waals surface area contributed by atoms with Crippen molar-refractivity contribution in [1.29, 1.82) is 0 Å². The molecule has 6 N–H and O–H groups in total. The number of fused-ring (bicyclic) bond motifs is 2. The highest BCUT2D eigenvalue weighted by molar-refractivity contribution is 5.99. The minimum atomic E-state index is -0.834. The molecular formula is C32H25N9O7. The van der Waals surface area contributed by atoms with Crippen LogP contribution in [0.1, 0.15) is 66.2 Å². The molecule has 0 unspecified atom stereocenters. The van der Waals surface area contributed by atoms with E-state index >= 15 is 0 Å². The van der Waals surface area contributed by atoms with Crippen LogP contribution in [-0.4, -0.2) is 42.2 Å². The highest BCUT2D eigenvalue weighted by Crippen LogP contribution is 2.34. The summed E-state index contributed by atoms with van der Waals surface area (Å²) in [4.78, 5) is 84.6. The van der Waals surface area contributed by atoms with Crippen molar-refractivity contribution in [2.45, 2.75) is 32.4 Å². The molecule has 0 radical (unpaired) electrons. The molecule has 7 rings (SSSR count). The lowest BCUT2D eigenvalue weighted by atomic mass is 10.0. The van der Waals surface area contributed by atoms with Gasteiger partial charge in [0.25, 0.3) is 17.7 Å². The number of nitrogens with one attached hydrogen (secondary N) is 4. The second-order valence-electron chi connectivity index (χ2n) is 11.3. The third kappa shape index (κ3) is 5.40. The molecule has 3 aromatic heterocycles. The van der Waals surface area contributed by atoms with Crippen molar-refractivity contribution in [3.63, 3.8) is 0 Å². The third-order valence-corrected chi connectivity index (χ3v) is 8.20. The number of carbonyl (C=O) groups excluding carboxylic acids is 3. The standard InChI is InChI=1S/C32H25N9O7/c1-14-24(26(43)25(14)42)35-18-4-2-3-15(9-18)12-34-29(45)21-11-23(41-13-22(27(33)44)38-31(41)37-21)30(46)36-20-8-6-16-10-17(5-7-19(16)20)28-39-32(47)48-40-28/h2-5,7,9-11,13,20,35H,6,8,12H2,1H3,(H2,33,44)(H,34,45)(H,36,46)(H,39,40,47)/t20-/m0/s1. The van der Waals surface area contributed by atoms with E-state index in [2.05, 4.69) is 40.6 Å². The van der Waals surface area contributed by atoms with Crippen LogP contribution in [-0.2, 0) is 13.0 Å². The Morgan fingerprint density at radius 1 is 1.02 bits per heavy atom. The van der Waals surface area contributed by atoms with Crippen LogP contribution < -0.4 is 38.3 Å². The van der Waals surface area contributed by atoms with Crippen molar-refractivity contribution in [3.05, 3.63) is 125 Å². The maximum Gasteiger partial charge on any atom is 0.439 e. The quantitative estimate of drug-likeness (QED) is 0.140. The number of hydrogen-bond donors (Lipinski definition) is 5. The van der Waals surface area contributed by atoms with E-state index in [9.17, 15) is 28.8 Å². The summed E-state index contributed by atoms with van der Waals surface area (Å²) < 4.78 is 5.89. The maximum atomic E-state index is 13.7. The number of amides is 3. The molecule has 3 aromatic carbocycles. The molecule has 48 heavy (non-hydrogen) atoms. The minimum absolute atomic E-state index is 0.00458. The van der Waals surface area contributed by atoms with Crippen LogP contribution in [0.25, 0.3) is 17.2 Å². The van der Waals surface area contributed by atoms with Gasteiger partial charge in [-0.1, -0.05) is 29.4 Å². The fraction of sp³-hybridized carbons (Fsp3) is 0.156. The zero-order valence-corrected chi connectivity index (χ0v) is 25.1. The summed E-state index contributed by atoms with van der Waals surface area (Å²) in [5.74, 6) is -2.43. The molecule has 0 spiro atoms. The second kappa shape index (κ2) is 11.6. The number of hydrogen-bond acceptors (Lipinski definition) is 11. The molecule has 240 valence electrons. The van der Waals surface area contributed by atoms with Crippen LogP contribution >= 0.6 is 0 Å². The van der Waals surface area contributed by atoms with Gasteiger partial charge in [0.15, 0.2) is 5.82 Å². The van der Waals surface area contributed by atoms with Gasteiger partial charge >= 0.3 is 5.76 Å². The van der Waals surface area contributed by atoms with Gasteiger partial charge in [-0.2, -0.15) is 0 Å². The first kappa shape index (κ1) is 30.0. The number of carbonyl (C=O) groups is 3. The van der Waals surface area contributed by atoms with Crippen molar-refractivity contribution in [2.24, 2.45) is 5.73 Å². The fourth-order valence-electron chi connectivity index (χ4n) is 5.71. The Balaban J connectivity index is 1.11. The first-order chi connectivity index (χ1) is 23.0. The summed E-state index contributed by atoms with van der Waals surface area (Å²) in [5, 5.41) is 12.4. The molecule has 1 atom stereocenters. The third-order valence-electron chi connectivity index (χ3n) is 8.20. The van der Waals surface area contributed by atoms with Gasteiger partial charge in [-0.25, -0.2) is 14.8 Å². The molecule has 0 saturated carbocycles. The number of benzene rings is 2. The predicted octanol–water partition coefficient (Wildman–Crippen LogP) is 1.17. The number of aromatic amines is 1. The zero-order valence-electron chi connectivity index (χ0n) is 25.1. The van der Waals surface area contributed by atoms with Crippen molar-refractivity contribution in [1.82, 2.24) is 35.1 Å². The first-order valence-corrected chi connectivity index (χ1v) is 14.7. The SMILES string of the molecule is Cc1c(Nc2cccc(CNC(=O)c3cc(C(=O)N[C@H]4CCc5cc(-c6noc(=O)[nH]6)ccc54)n4cc(C(N)=O)nc4n3)c2)c(=O)c1=O. The predicted molar refractivity (Wildman–Crippen MR) is 170 cm³/mol. The Hall–Kier alpha value is -6.71. The van der Waals surface area contributed by atoms with E-state index in [1.165, 1.54) is 16.7 Å². The Kier molecular flexibility index (Phi) is 7.23. The summed E-state index contributed by atoms with van der Waals surface area (Å²) in [6.45, 7) is 1.63. The van der Waals surface area contributed by atoms with Crippen LogP contribution in [0, 0.1) is 6.92 Å². The lowest BCUT2D eigenvalue weighted by Crippen LogP contribution is -2.36. The van der Waals surface area contributed by atoms with Gasteiger partial charge in [-0.15, -0.1) is 0 Å². The van der Waals surface area contributed by atoms with Crippen LogP contribution in [0.3, 0.4) is 0 Å². The topological polar surface area (TPSA) is 237 Å². The molecule has 16 heteroatoms. The van der Waals surface area contributed by atoms with Crippen molar-refractivity contribution >= 4 is 34.9 Å². The van der Waals surface area contributed by atoms with E-state index in [1.807, 2.05) is 12.1 Å². The van der Waals surface area contributed by atoms with Crippen LogP contribution in [0.15, 0.2) is 73.6 Å². The van der Waals surface area contributed by atoms with Crippen molar-refractivity contribution < 1.29 is 18.9 Å². The number of nitrogens with zero attached hydrogens (tertiary/aromatic N) is 4. The van der Waals surface area contributed by atoms with Gasteiger partial charge in [0, 0.05) is 29.6 Å². The lowest BCUT2D eigenvalue weighted by Gasteiger charge is -2.16. The number of aryl methyl sites for hydroxylation is 1. The van der Waals surface area contributed by atoms with Gasteiger partial charge < -0.3 is 21.7 Å². The van der Waals surface area contributed by atoms with E-state index < -0.39 is 34.3 Å². The van der Waals surface area contributed by atoms with E-state index in [0.717, 1.165) is 11.1 Å². The number of primary amides is 1. The number of imidazole rings is 1. The smallest absolute Gasteiger partial charge is 0.364 e. The summed E-state index contributed by atoms with van der Waals surface area (Å²) in [6, 6.07) is 13.3. The van der Waals surface area contributed by atoms with Gasteiger partial charge in [-0.05, 0) is 60.7 Å². The Morgan fingerprint density at radius 3 is 2.58 bits per heavy atom. The van der Waals surface area contributed by atoms with E-state index in [1.54, 1.807) is 37.3 Å². The Morgan fingerprint density at radius 2 is 1.83 bits per heavy atom. The summed E-state index contributed by atoms with van der Waals surface area (Å²) in [7, 11) is 0. The van der Waals surface area contributed by atoms with E-state index in [0.29, 0.717) is 41.0 Å². The van der Waals surface area contributed by atoms with Gasteiger partial charge in [0.05, 0.1) is 11.7 Å². The molecule has 3 amide bonds. The normalized spacial score (nSPS) is 13.8. The molecule has 0 fully saturated rings. The summed E-state index contributed by atoms with van der Waals surface area (Å²) in [5.41, 5.74) is 8.39. The number of H-pyrrole nitrogens is 1. The van der Waals surface area contributed by atoms with Crippen molar-refractivity contribution in [2.75, 3.05) is 5.32 Å². The summed E-state index contributed by atoms with van der Waals surface area (Å²) >= 11 is 0. The zero-order chi connectivity index (χ0) is 33.7. The first-order valence-electron chi connectivity index (χ1n) is 14.7. The van der Waals surface area contributed by atoms with E-state index in [4.69, 9.17) is 5.73 Å². The average Bonchev–Trinajstić information content (AvgIpc) is 3.83. The van der Waals surface area contributed by atoms with Gasteiger partial charge in [0.1, 0.15) is 17.1 Å². The van der Waals surface area contributed by atoms with Crippen LogP contribution in [0.2, 0.25) is 0 Å². The monoisotopic (exact) mass is 647 g/mol. The molecule has 6 aromatic rings. The highest BCUT2D eigenvalue weighted by atomic mass is 16.5. The van der Waals surface area contributed by atoms with Crippen molar-refractivity contribution in [3.8, 4) is 11.4 Å². The number of rotatable bonds is 9. The van der Waals surface area contributed by atoms with Crippen LogP contribution in [0.4, 0.5) is 11.4 Å². The van der Waals surface area contributed by atoms with Crippen LogP contribution in [0.5, 0.6) is 0 Å². The lowest BCUT2D eigenvalue weighted by molar-refractivity contribution is 0.0928. The molecule has 16 nitrogen and oxygen atoms in total. The minimum Gasteiger partial charge on any atom is -0.364 e. The molecule has 1 aliphatic rings. The molecule has 0 bridgehead atoms. The largest absolute Gasteiger partial charge is 0.439 e. The fourth-order valence-corrected chi connectivity index (χ4v) is 5.71. The molecule has 0 aliphatic heterocycles. The summed E-state index contributed by atoms with van der Waals surface area (Å²) in [6.07, 6.45) is 2.52.